The fraction of sp³-hybridized carbons (Fsp3) is 0. The maximum Gasteiger partial charge on any atom is 0 e. The Kier molecular flexibility index (Phi) is 49.4. The second kappa shape index (κ2) is 15.2. The van der Waals surface area contributed by atoms with Gasteiger partial charge in [0.2, 0.25) is 0 Å². The van der Waals surface area contributed by atoms with Gasteiger partial charge in [-0.15, -0.1) is 0 Å². The van der Waals surface area contributed by atoms with Crippen LogP contribution in [0.5, 0.6) is 0 Å². The summed E-state index contributed by atoms with van der Waals surface area (Å²) in [6, 6.07) is 0. The molecule has 0 aromatic rings. The summed E-state index contributed by atoms with van der Waals surface area (Å²) in [6.45, 7) is 0. The Morgan fingerprint density at radius 1 is 1.11 bits per heavy atom. The third-order valence-corrected chi connectivity index (χ3v) is 0. The van der Waals surface area contributed by atoms with E-state index in [2.05, 4.69) is 0 Å². The van der Waals surface area contributed by atoms with Crippen LogP contribution in [0.3, 0.4) is 0 Å². The summed E-state index contributed by atoms with van der Waals surface area (Å²) in [6.07, 6.45) is 0. The van der Waals surface area contributed by atoms with E-state index in [1.165, 1.54) is 0 Å². The maximum absolute atomic E-state index is 8.82. The molecule has 0 aliphatic carbocycles. The standard InChI is InChI=1S/Al.Cr.2K.2H2O.2O.Zr.5H/h;;;;2*1H2;;;;;;;;/q;+2;2*+1;;;;;;;;;2*-1/p-2. The van der Waals surface area contributed by atoms with Gasteiger partial charge in [-0.1, -0.05) is 0 Å². The monoisotopic (exact) mass is 318 g/mol. The van der Waals surface area contributed by atoms with E-state index in [9.17, 15) is 0 Å². The molecule has 2 N–H and O–H groups in total. The van der Waals surface area contributed by atoms with E-state index in [1.807, 2.05) is 0 Å². The predicted molar refractivity (Wildman–Crippen MR) is 18.0 cm³/mol. The zero-order chi connectivity index (χ0) is 4.50. The summed E-state index contributed by atoms with van der Waals surface area (Å²) < 4.78 is 31.9. The molecule has 0 radical (unpaired) electrons. The third kappa shape index (κ3) is 65.4. The quantitative estimate of drug-likeness (QED) is 0.435. The van der Waals surface area contributed by atoms with Crippen LogP contribution in [0, 0.1) is 0 Å². The second-order valence-corrected chi connectivity index (χ2v) is 1.85. The molecule has 46 valence electrons. The summed E-state index contributed by atoms with van der Waals surface area (Å²) in [5.74, 6) is 0. The van der Waals surface area contributed by atoms with Crippen LogP contribution < -0.4 is 103 Å². The van der Waals surface area contributed by atoms with Gasteiger partial charge in [0, 0.05) is 26.2 Å². The molecule has 0 spiro atoms. The van der Waals surface area contributed by atoms with Gasteiger partial charge in [-0.3, -0.25) is 0 Å². The number of hydrogen-bond donors (Lipinski definition) is 2. The van der Waals surface area contributed by atoms with Gasteiger partial charge in [-0.05, 0) is 0 Å². The molecule has 0 bridgehead atoms. The molecule has 4 nitrogen and oxygen atoms in total. The molecular formula is H7AlCrK2O4Zr. The van der Waals surface area contributed by atoms with Gasteiger partial charge >= 0.3 is 132 Å². The van der Waals surface area contributed by atoms with Gasteiger partial charge in [0.15, 0.2) is 17.4 Å². The maximum atomic E-state index is 8.82. The number of rotatable bonds is 0. The van der Waals surface area contributed by atoms with E-state index < -0.39 is 13.6 Å². The van der Waals surface area contributed by atoms with Gasteiger partial charge < -0.3 is 2.85 Å². The van der Waals surface area contributed by atoms with Crippen molar-refractivity contribution in [3.05, 3.63) is 0 Å². The van der Waals surface area contributed by atoms with Crippen molar-refractivity contribution in [2.45, 2.75) is 0 Å². The van der Waals surface area contributed by atoms with Crippen molar-refractivity contribution in [1.29, 1.82) is 0 Å². The van der Waals surface area contributed by atoms with Gasteiger partial charge in [0.1, 0.15) is 0 Å². The fourth-order valence-electron chi connectivity index (χ4n) is 0. The molecule has 0 unspecified atom stereocenters. The van der Waals surface area contributed by atoms with E-state index in [1.54, 1.807) is 0 Å². The van der Waals surface area contributed by atoms with Crippen LogP contribution in [0.4, 0.5) is 0 Å². The van der Waals surface area contributed by atoms with Crippen molar-refractivity contribution < 1.29 is 161 Å². The average Bonchev–Trinajstić information content (AvgIpc) is 0.722. The molecular weight excluding hydrogens is 312 g/mol. The Morgan fingerprint density at radius 3 is 1.11 bits per heavy atom. The molecule has 0 amide bonds. The van der Waals surface area contributed by atoms with Crippen LogP contribution in [-0.2, 0) is 47.4 Å². The fourth-order valence-corrected chi connectivity index (χ4v) is 0. The van der Waals surface area contributed by atoms with E-state index in [4.69, 9.17) is 15.9 Å². The molecule has 0 fully saturated rings. The molecule has 0 aliphatic rings. The predicted octanol–water partition coefficient (Wildman–Crippen LogP) is -8.31. The molecule has 0 saturated carbocycles. The number of hydrogen-bond acceptors (Lipinski definition) is 2. The smallest absolute Gasteiger partial charge is 0 e. The molecule has 0 atom stereocenters. The van der Waals surface area contributed by atoms with E-state index in [0.29, 0.717) is 0 Å². The molecule has 0 heterocycles. The molecule has 9 heteroatoms. The first-order chi connectivity index (χ1) is 2.00. The summed E-state index contributed by atoms with van der Waals surface area (Å²) in [7, 11) is 0. The largest absolute Gasteiger partial charge is 0 e. The van der Waals surface area contributed by atoms with Crippen molar-refractivity contribution in [1.82, 2.24) is 0 Å². The van der Waals surface area contributed by atoms with E-state index >= 15 is 0 Å². The normalized spacial score (nSPS) is 6.44. The molecule has 0 rings (SSSR count). The second-order valence-electron chi connectivity index (χ2n) is 0.448. The van der Waals surface area contributed by atoms with Crippen molar-refractivity contribution in [2.24, 2.45) is 0 Å². The molecule has 9 heavy (non-hydrogen) atoms. The van der Waals surface area contributed by atoms with Crippen LogP contribution in [0.1, 0.15) is 2.85 Å². The van der Waals surface area contributed by atoms with Gasteiger partial charge in [-0.25, -0.2) is 0 Å². The van der Waals surface area contributed by atoms with Crippen molar-refractivity contribution >= 4 is 17.4 Å². The minimum Gasteiger partial charge on any atom is 0 e. The Labute approximate surface area is 173 Å². The minimum atomic E-state index is -5.25. The minimum absolute atomic E-state index is 0. The summed E-state index contributed by atoms with van der Waals surface area (Å²) in [5, 5.41) is 0. The van der Waals surface area contributed by atoms with Crippen molar-refractivity contribution in [3.63, 3.8) is 0 Å². The summed E-state index contributed by atoms with van der Waals surface area (Å²) in [4.78, 5) is 0. The summed E-state index contributed by atoms with van der Waals surface area (Å²) in [5.41, 5.74) is 0. The van der Waals surface area contributed by atoms with Crippen LogP contribution in [-0.4, -0.2) is 25.7 Å². The zero-order valence-electron chi connectivity index (χ0n) is 6.62. The van der Waals surface area contributed by atoms with E-state index in [-0.39, 0.29) is 149 Å². The average molecular weight is 319 g/mol. The summed E-state index contributed by atoms with van der Waals surface area (Å²) >= 11 is -5.25. The first-order valence-electron chi connectivity index (χ1n) is 0.698. The van der Waals surface area contributed by atoms with Crippen LogP contribution >= 0.6 is 0 Å². The van der Waals surface area contributed by atoms with Crippen LogP contribution in [0.25, 0.3) is 0 Å². The molecule has 0 saturated heterocycles. The van der Waals surface area contributed by atoms with Gasteiger partial charge in [0.05, 0.1) is 0 Å². The zero-order valence-corrected chi connectivity index (χ0v) is 14.6. The first kappa shape index (κ1) is 29.2. The Morgan fingerprint density at radius 2 is 1.11 bits per heavy atom. The Bertz CT molecular complexity index is 109. The molecule has 0 aliphatic heterocycles. The van der Waals surface area contributed by atoms with Crippen LogP contribution in [0.2, 0.25) is 0 Å². The first-order valence-corrected chi connectivity index (χ1v) is 2.88. The topological polar surface area (TPSA) is 74.6 Å². The Hall–Kier alpha value is 4.74. The molecule has 0 aromatic carbocycles. The molecule has 0 aromatic heterocycles. The van der Waals surface area contributed by atoms with Crippen molar-refractivity contribution in [3.8, 4) is 0 Å². The van der Waals surface area contributed by atoms with E-state index in [0.717, 1.165) is 0 Å². The third-order valence-electron chi connectivity index (χ3n) is 0. The Balaban J connectivity index is -0.00000000533. The SMILES string of the molecule is [AlH3].[H-].[H-].[K+].[K+].[O]=[Cr](=[O])([OH])[OH].[Zr]. The van der Waals surface area contributed by atoms with Gasteiger partial charge in [-0.2, -0.15) is 0 Å². The van der Waals surface area contributed by atoms with Crippen molar-refractivity contribution in [2.75, 3.05) is 0 Å². The van der Waals surface area contributed by atoms with Crippen LogP contribution in [0.15, 0.2) is 0 Å². The van der Waals surface area contributed by atoms with Gasteiger partial charge in [0.25, 0.3) is 0 Å².